The molecule has 4 rings (SSSR count). The molecule has 6 heteroatoms. The smallest absolute Gasteiger partial charge is 0.222 e. The Kier molecular flexibility index (Phi) is 2.72. The lowest BCUT2D eigenvalue weighted by molar-refractivity contribution is 0.462. The average Bonchev–Trinajstić information content (AvgIpc) is 2.98. The molecule has 6 nitrogen and oxygen atoms in total. The van der Waals surface area contributed by atoms with Gasteiger partial charge in [-0.3, -0.25) is 0 Å². The molecule has 0 unspecified atom stereocenters. The average molecular weight is 268 g/mol. The van der Waals surface area contributed by atoms with Crippen LogP contribution in [0.5, 0.6) is 0 Å². The summed E-state index contributed by atoms with van der Waals surface area (Å²) in [7, 11) is 0. The van der Waals surface area contributed by atoms with E-state index in [1.807, 2.05) is 24.3 Å². The van der Waals surface area contributed by atoms with Gasteiger partial charge in [-0.1, -0.05) is 31.4 Å². The van der Waals surface area contributed by atoms with Crippen LogP contribution in [0.2, 0.25) is 0 Å². The Morgan fingerprint density at radius 1 is 1.10 bits per heavy atom. The molecule has 1 aromatic carbocycles. The van der Waals surface area contributed by atoms with Crippen LogP contribution in [0.25, 0.3) is 16.7 Å². The second-order valence-corrected chi connectivity index (χ2v) is 5.34. The molecule has 0 atom stereocenters. The molecule has 1 saturated carbocycles. The van der Waals surface area contributed by atoms with Crippen LogP contribution in [0.1, 0.15) is 32.1 Å². The summed E-state index contributed by atoms with van der Waals surface area (Å²) in [5, 5.41) is 15.5. The fraction of sp³-hybridized carbons (Fsp3) is 0.429. The molecule has 2 aromatic heterocycles. The highest BCUT2D eigenvalue weighted by Crippen LogP contribution is 2.24. The predicted octanol–water partition coefficient (Wildman–Crippen LogP) is 2.42. The molecule has 3 aromatic rings. The number of nitrogens with zero attached hydrogens (tertiary/aromatic N) is 5. The van der Waals surface area contributed by atoms with E-state index in [2.05, 4.69) is 20.8 Å². The molecule has 1 aliphatic carbocycles. The van der Waals surface area contributed by atoms with Gasteiger partial charge in [0.2, 0.25) is 5.65 Å². The van der Waals surface area contributed by atoms with E-state index in [0.717, 1.165) is 16.9 Å². The SMILES string of the molecule is c1ccc2c(c1)nc(NC1CCCCC1)c1nnnn12. The van der Waals surface area contributed by atoms with Crippen LogP contribution in [-0.2, 0) is 0 Å². The van der Waals surface area contributed by atoms with Crippen molar-refractivity contribution in [2.24, 2.45) is 0 Å². The summed E-state index contributed by atoms with van der Waals surface area (Å²) < 4.78 is 1.76. The van der Waals surface area contributed by atoms with Crippen LogP contribution in [0.15, 0.2) is 24.3 Å². The van der Waals surface area contributed by atoms with Crippen LogP contribution in [-0.4, -0.2) is 31.1 Å². The lowest BCUT2D eigenvalue weighted by Gasteiger charge is -2.23. The third-order valence-corrected chi connectivity index (χ3v) is 3.97. The molecular formula is C14H16N6. The van der Waals surface area contributed by atoms with E-state index in [4.69, 9.17) is 4.98 Å². The minimum atomic E-state index is 0.484. The second-order valence-electron chi connectivity index (χ2n) is 5.34. The molecule has 1 N–H and O–H groups in total. The number of anilines is 1. The van der Waals surface area contributed by atoms with E-state index in [0.29, 0.717) is 11.7 Å². The standard InChI is InChI=1S/C14H16N6/c1-2-6-10(7-3-1)15-13-14-17-18-19-20(14)12-9-5-4-8-11(12)16-13/h4-5,8-10H,1-3,6-7H2,(H,15,16). The molecule has 0 aliphatic heterocycles. The van der Waals surface area contributed by atoms with Gasteiger partial charge in [0.05, 0.1) is 11.0 Å². The van der Waals surface area contributed by atoms with E-state index >= 15 is 0 Å². The van der Waals surface area contributed by atoms with E-state index in [1.165, 1.54) is 32.1 Å². The highest BCUT2D eigenvalue weighted by atomic mass is 15.5. The summed E-state index contributed by atoms with van der Waals surface area (Å²) in [4.78, 5) is 4.70. The first-order valence-corrected chi connectivity index (χ1v) is 7.15. The molecular weight excluding hydrogens is 252 g/mol. The first kappa shape index (κ1) is 11.6. The molecule has 0 radical (unpaired) electrons. The van der Waals surface area contributed by atoms with Crippen molar-refractivity contribution in [3.05, 3.63) is 24.3 Å². The lowest BCUT2D eigenvalue weighted by Crippen LogP contribution is -2.23. The number of fused-ring (bicyclic) bond motifs is 3. The van der Waals surface area contributed by atoms with Crippen molar-refractivity contribution in [1.82, 2.24) is 25.0 Å². The number of hydrogen-bond acceptors (Lipinski definition) is 5. The van der Waals surface area contributed by atoms with E-state index in [-0.39, 0.29) is 0 Å². The number of tetrazole rings is 1. The summed E-state index contributed by atoms with van der Waals surface area (Å²) in [6.07, 6.45) is 6.30. The number of nitrogens with one attached hydrogen (secondary N) is 1. The summed E-state index contributed by atoms with van der Waals surface area (Å²) in [5.74, 6) is 0.792. The molecule has 1 fully saturated rings. The summed E-state index contributed by atoms with van der Waals surface area (Å²) in [6.45, 7) is 0. The van der Waals surface area contributed by atoms with E-state index < -0.39 is 0 Å². The molecule has 0 amide bonds. The minimum absolute atomic E-state index is 0.484. The first-order chi connectivity index (χ1) is 9.92. The molecule has 1 aliphatic rings. The van der Waals surface area contributed by atoms with Crippen molar-refractivity contribution >= 4 is 22.5 Å². The molecule has 20 heavy (non-hydrogen) atoms. The minimum Gasteiger partial charge on any atom is -0.364 e. The maximum atomic E-state index is 4.70. The van der Waals surface area contributed by atoms with Gasteiger partial charge in [-0.15, -0.1) is 5.10 Å². The Hall–Kier alpha value is -2.24. The maximum Gasteiger partial charge on any atom is 0.222 e. The van der Waals surface area contributed by atoms with Gasteiger partial charge in [-0.05, 0) is 35.4 Å². The van der Waals surface area contributed by atoms with Gasteiger partial charge in [-0.2, -0.15) is 4.52 Å². The lowest BCUT2D eigenvalue weighted by atomic mass is 9.95. The Morgan fingerprint density at radius 3 is 2.85 bits per heavy atom. The number of rotatable bonds is 2. The van der Waals surface area contributed by atoms with Gasteiger partial charge in [0.25, 0.3) is 0 Å². The van der Waals surface area contributed by atoms with Gasteiger partial charge >= 0.3 is 0 Å². The first-order valence-electron chi connectivity index (χ1n) is 7.15. The highest BCUT2D eigenvalue weighted by Gasteiger charge is 2.17. The second kappa shape index (κ2) is 4.70. The van der Waals surface area contributed by atoms with Gasteiger partial charge in [0.1, 0.15) is 0 Å². The normalized spacial score (nSPS) is 16.8. The van der Waals surface area contributed by atoms with Crippen molar-refractivity contribution in [3.8, 4) is 0 Å². The van der Waals surface area contributed by atoms with Crippen LogP contribution in [0.3, 0.4) is 0 Å². The van der Waals surface area contributed by atoms with Crippen LogP contribution >= 0.6 is 0 Å². The van der Waals surface area contributed by atoms with Gasteiger partial charge in [-0.25, -0.2) is 4.98 Å². The van der Waals surface area contributed by atoms with Gasteiger partial charge in [0, 0.05) is 6.04 Å². The third-order valence-electron chi connectivity index (χ3n) is 3.97. The number of para-hydroxylation sites is 2. The van der Waals surface area contributed by atoms with Crippen molar-refractivity contribution in [1.29, 1.82) is 0 Å². The number of benzene rings is 1. The Balaban J connectivity index is 1.82. The monoisotopic (exact) mass is 268 g/mol. The maximum absolute atomic E-state index is 4.70. The quantitative estimate of drug-likeness (QED) is 0.773. The molecule has 102 valence electrons. The predicted molar refractivity (Wildman–Crippen MR) is 76.6 cm³/mol. The topological polar surface area (TPSA) is 68.0 Å². The summed E-state index contributed by atoms with van der Waals surface area (Å²) in [6, 6.07) is 8.41. The van der Waals surface area contributed by atoms with E-state index in [1.54, 1.807) is 4.52 Å². The zero-order valence-electron chi connectivity index (χ0n) is 11.2. The third kappa shape index (κ3) is 1.88. The van der Waals surface area contributed by atoms with Crippen molar-refractivity contribution in [2.75, 3.05) is 5.32 Å². The van der Waals surface area contributed by atoms with Gasteiger partial charge in [0.15, 0.2) is 5.82 Å². The van der Waals surface area contributed by atoms with E-state index in [9.17, 15) is 0 Å². The zero-order valence-corrected chi connectivity index (χ0v) is 11.2. The molecule has 0 spiro atoms. The molecule has 2 heterocycles. The van der Waals surface area contributed by atoms with Gasteiger partial charge < -0.3 is 5.32 Å². The Morgan fingerprint density at radius 2 is 1.95 bits per heavy atom. The van der Waals surface area contributed by atoms with Crippen molar-refractivity contribution in [2.45, 2.75) is 38.1 Å². The van der Waals surface area contributed by atoms with Crippen molar-refractivity contribution in [3.63, 3.8) is 0 Å². The van der Waals surface area contributed by atoms with Crippen LogP contribution < -0.4 is 5.32 Å². The van der Waals surface area contributed by atoms with Crippen LogP contribution in [0, 0.1) is 0 Å². The summed E-state index contributed by atoms with van der Waals surface area (Å²) >= 11 is 0. The Bertz CT molecular complexity index is 744. The number of aromatic nitrogens is 5. The zero-order chi connectivity index (χ0) is 13.4. The fourth-order valence-electron chi connectivity index (χ4n) is 2.94. The van der Waals surface area contributed by atoms with Crippen LogP contribution in [0.4, 0.5) is 5.82 Å². The number of hydrogen-bond donors (Lipinski definition) is 1. The molecule has 0 saturated heterocycles. The summed E-state index contributed by atoms with van der Waals surface area (Å²) in [5.41, 5.74) is 2.54. The Labute approximate surface area is 116 Å². The fourth-order valence-corrected chi connectivity index (χ4v) is 2.94. The van der Waals surface area contributed by atoms with Crippen molar-refractivity contribution < 1.29 is 0 Å². The highest BCUT2D eigenvalue weighted by molar-refractivity contribution is 5.81. The molecule has 0 bridgehead atoms. The largest absolute Gasteiger partial charge is 0.364 e.